The van der Waals surface area contributed by atoms with Gasteiger partial charge in [-0.2, -0.15) is 0 Å². The Morgan fingerprint density at radius 1 is 1.33 bits per heavy atom. The molecule has 0 aliphatic rings. The minimum absolute atomic E-state index is 0.101. The summed E-state index contributed by atoms with van der Waals surface area (Å²) in [6, 6.07) is 7.41. The molecule has 1 rings (SSSR count). The normalized spacial score (nSPS) is 10.3. The number of nitrogen functional groups attached to an aromatic ring is 1. The zero-order chi connectivity index (χ0) is 13.4. The van der Waals surface area contributed by atoms with Gasteiger partial charge >= 0.3 is 0 Å². The number of rotatable bonds is 7. The van der Waals surface area contributed by atoms with E-state index >= 15 is 0 Å². The van der Waals surface area contributed by atoms with Crippen molar-refractivity contribution >= 4 is 11.6 Å². The first-order valence-corrected chi connectivity index (χ1v) is 6.32. The maximum Gasteiger partial charge on any atom is 0.226 e. The van der Waals surface area contributed by atoms with Crippen molar-refractivity contribution in [3.05, 3.63) is 29.8 Å². The number of carbonyl (C=O) groups excluding carboxylic acids is 1. The van der Waals surface area contributed by atoms with Crippen LogP contribution in [-0.2, 0) is 11.2 Å². The van der Waals surface area contributed by atoms with Crippen LogP contribution in [0.15, 0.2) is 24.3 Å². The van der Waals surface area contributed by atoms with E-state index in [1.807, 2.05) is 31.3 Å². The van der Waals surface area contributed by atoms with E-state index in [1.54, 1.807) is 4.90 Å². The Morgan fingerprint density at radius 3 is 2.78 bits per heavy atom. The van der Waals surface area contributed by atoms with Gasteiger partial charge in [-0.15, -0.1) is 0 Å². The van der Waals surface area contributed by atoms with Crippen LogP contribution < -0.4 is 5.73 Å². The van der Waals surface area contributed by atoms with E-state index in [0.29, 0.717) is 12.1 Å². The average Bonchev–Trinajstić information content (AvgIpc) is 2.34. The lowest BCUT2D eigenvalue weighted by Gasteiger charge is -2.17. The molecule has 100 valence electrons. The SMILES string of the molecule is CN(CCCCCO)C(=O)Cc1cccc(N)c1. The first kappa shape index (κ1) is 14.5. The molecule has 0 radical (unpaired) electrons. The quantitative estimate of drug-likeness (QED) is 0.568. The van der Waals surface area contributed by atoms with E-state index in [1.165, 1.54) is 0 Å². The molecule has 1 aromatic carbocycles. The van der Waals surface area contributed by atoms with Crippen molar-refractivity contribution in [1.82, 2.24) is 4.90 Å². The summed E-state index contributed by atoms with van der Waals surface area (Å²) in [4.78, 5) is 13.7. The van der Waals surface area contributed by atoms with Gasteiger partial charge in [0.1, 0.15) is 0 Å². The van der Waals surface area contributed by atoms with Crippen molar-refractivity contribution in [3.8, 4) is 0 Å². The van der Waals surface area contributed by atoms with Gasteiger partial charge < -0.3 is 15.7 Å². The number of aliphatic hydroxyl groups excluding tert-OH is 1. The van der Waals surface area contributed by atoms with E-state index in [9.17, 15) is 4.79 Å². The van der Waals surface area contributed by atoms with Gasteiger partial charge in [0, 0.05) is 25.9 Å². The maximum absolute atomic E-state index is 11.9. The molecule has 18 heavy (non-hydrogen) atoms. The van der Waals surface area contributed by atoms with Crippen molar-refractivity contribution in [1.29, 1.82) is 0 Å². The maximum atomic E-state index is 11.9. The first-order chi connectivity index (χ1) is 8.63. The highest BCUT2D eigenvalue weighted by molar-refractivity contribution is 5.78. The van der Waals surface area contributed by atoms with Crippen molar-refractivity contribution in [2.75, 3.05) is 25.9 Å². The molecule has 0 heterocycles. The van der Waals surface area contributed by atoms with Gasteiger partial charge in [-0.3, -0.25) is 4.79 Å². The van der Waals surface area contributed by atoms with Crippen LogP contribution in [-0.4, -0.2) is 36.1 Å². The van der Waals surface area contributed by atoms with Gasteiger partial charge in [-0.05, 0) is 37.0 Å². The molecule has 1 amide bonds. The summed E-state index contributed by atoms with van der Waals surface area (Å²) >= 11 is 0. The van der Waals surface area contributed by atoms with E-state index in [-0.39, 0.29) is 12.5 Å². The molecule has 0 fully saturated rings. The highest BCUT2D eigenvalue weighted by atomic mass is 16.2. The number of nitrogens with zero attached hydrogens (tertiary/aromatic N) is 1. The molecular formula is C14H22N2O2. The number of carbonyl (C=O) groups is 1. The zero-order valence-electron chi connectivity index (χ0n) is 10.9. The second kappa shape index (κ2) is 7.71. The third-order valence-corrected chi connectivity index (χ3v) is 2.88. The topological polar surface area (TPSA) is 66.6 Å². The Balaban J connectivity index is 2.35. The predicted octanol–water partition coefficient (Wildman–Crippen LogP) is 1.43. The van der Waals surface area contributed by atoms with E-state index in [0.717, 1.165) is 31.4 Å². The molecule has 0 aliphatic carbocycles. The standard InChI is InChI=1S/C14H22N2O2/c1-16(8-3-2-4-9-17)14(18)11-12-6-5-7-13(15)10-12/h5-7,10,17H,2-4,8-9,11,15H2,1H3. The molecule has 3 N–H and O–H groups in total. The van der Waals surface area contributed by atoms with Crippen LogP contribution in [0.3, 0.4) is 0 Å². The highest BCUT2D eigenvalue weighted by Crippen LogP contribution is 2.08. The lowest BCUT2D eigenvalue weighted by atomic mass is 10.1. The Labute approximate surface area is 108 Å². The van der Waals surface area contributed by atoms with Crippen LogP contribution in [0.25, 0.3) is 0 Å². The Hall–Kier alpha value is -1.55. The van der Waals surface area contributed by atoms with Crippen molar-refractivity contribution in [2.24, 2.45) is 0 Å². The predicted molar refractivity (Wildman–Crippen MR) is 73.1 cm³/mol. The fourth-order valence-electron chi connectivity index (χ4n) is 1.77. The fraction of sp³-hybridized carbons (Fsp3) is 0.500. The van der Waals surface area contributed by atoms with Crippen molar-refractivity contribution in [3.63, 3.8) is 0 Å². The third-order valence-electron chi connectivity index (χ3n) is 2.88. The summed E-state index contributed by atoms with van der Waals surface area (Å²) in [5, 5.41) is 8.67. The summed E-state index contributed by atoms with van der Waals surface area (Å²) < 4.78 is 0. The second-order valence-corrected chi connectivity index (χ2v) is 4.52. The summed E-state index contributed by atoms with van der Waals surface area (Å²) in [5.74, 6) is 0.101. The molecule has 0 spiro atoms. The monoisotopic (exact) mass is 250 g/mol. The van der Waals surface area contributed by atoms with E-state index in [2.05, 4.69) is 0 Å². The summed E-state index contributed by atoms with van der Waals surface area (Å²) in [7, 11) is 1.81. The molecule has 0 aromatic heterocycles. The highest BCUT2D eigenvalue weighted by Gasteiger charge is 2.09. The first-order valence-electron chi connectivity index (χ1n) is 6.32. The van der Waals surface area contributed by atoms with Crippen LogP contribution in [0.4, 0.5) is 5.69 Å². The molecule has 4 heteroatoms. The lowest BCUT2D eigenvalue weighted by Crippen LogP contribution is -2.29. The third kappa shape index (κ3) is 5.19. The Kier molecular flexibility index (Phi) is 6.22. The Morgan fingerprint density at radius 2 is 2.11 bits per heavy atom. The molecule has 4 nitrogen and oxygen atoms in total. The second-order valence-electron chi connectivity index (χ2n) is 4.52. The number of aliphatic hydroxyl groups is 1. The molecule has 0 aliphatic heterocycles. The van der Waals surface area contributed by atoms with Crippen LogP contribution >= 0.6 is 0 Å². The van der Waals surface area contributed by atoms with Crippen LogP contribution in [0.5, 0.6) is 0 Å². The number of hydrogen-bond acceptors (Lipinski definition) is 3. The van der Waals surface area contributed by atoms with Crippen LogP contribution in [0, 0.1) is 0 Å². The van der Waals surface area contributed by atoms with Gasteiger partial charge in [0.15, 0.2) is 0 Å². The number of amides is 1. The summed E-state index contributed by atoms with van der Waals surface area (Å²) in [6.45, 7) is 0.960. The van der Waals surface area contributed by atoms with Crippen molar-refractivity contribution in [2.45, 2.75) is 25.7 Å². The van der Waals surface area contributed by atoms with Gasteiger partial charge in [-0.1, -0.05) is 12.1 Å². The van der Waals surface area contributed by atoms with Gasteiger partial charge in [-0.25, -0.2) is 0 Å². The Bertz CT molecular complexity index is 380. The van der Waals surface area contributed by atoms with Gasteiger partial charge in [0.25, 0.3) is 0 Å². The summed E-state index contributed by atoms with van der Waals surface area (Å²) in [5.41, 5.74) is 7.31. The smallest absolute Gasteiger partial charge is 0.226 e. The largest absolute Gasteiger partial charge is 0.399 e. The molecule has 0 saturated heterocycles. The van der Waals surface area contributed by atoms with E-state index < -0.39 is 0 Å². The fourth-order valence-corrected chi connectivity index (χ4v) is 1.77. The number of likely N-dealkylation sites (N-methyl/N-ethyl adjacent to an activating group) is 1. The number of hydrogen-bond donors (Lipinski definition) is 2. The minimum Gasteiger partial charge on any atom is -0.399 e. The lowest BCUT2D eigenvalue weighted by molar-refractivity contribution is -0.129. The van der Waals surface area contributed by atoms with Crippen LogP contribution in [0.1, 0.15) is 24.8 Å². The zero-order valence-corrected chi connectivity index (χ0v) is 10.9. The van der Waals surface area contributed by atoms with E-state index in [4.69, 9.17) is 10.8 Å². The number of benzene rings is 1. The summed E-state index contributed by atoms with van der Waals surface area (Å²) in [6.07, 6.45) is 3.07. The molecule has 0 bridgehead atoms. The van der Waals surface area contributed by atoms with Crippen molar-refractivity contribution < 1.29 is 9.90 Å². The molecular weight excluding hydrogens is 228 g/mol. The van der Waals surface area contributed by atoms with Gasteiger partial charge in [0.05, 0.1) is 6.42 Å². The number of unbranched alkanes of at least 4 members (excludes halogenated alkanes) is 2. The number of nitrogens with two attached hydrogens (primary N) is 1. The molecule has 1 aromatic rings. The molecule has 0 unspecified atom stereocenters. The average molecular weight is 250 g/mol. The minimum atomic E-state index is 0.101. The van der Waals surface area contributed by atoms with Crippen LogP contribution in [0.2, 0.25) is 0 Å². The molecule has 0 atom stereocenters. The number of anilines is 1. The molecule has 0 saturated carbocycles. The van der Waals surface area contributed by atoms with Gasteiger partial charge in [0.2, 0.25) is 5.91 Å².